The summed E-state index contributed by atoms with van der Waals surface area (Å²) in [7, 11) is 3.92. The Morgan fingerprint density at radius 1 is 1.33 bits per heavy atom. The van der Waals surface area contributed by atoms with Gasteiger partial charge in [0.15, 0.2) is 0 Å². The first-order chi connectivity index (χ1) is 5.68. The zero-order valence-electron chi connectivity index (χ0n) is 7.57. The summed E-state index contributed by atoms with van der Waals surface area (Å²) >= 11 is 0. The summed E-state index contributed by atoms with van der Waals surface area (Å²) in [5, 5.41) is 11.7. The Balaban J connectivity index is 2.03. The van der Waals surface area contributed by atoms with E-state index in [1.165, 1.54) is 0 Å². The molecule has 2 bridgehead atoms. The van der Waals surface area contributed by atoms with Crippen LogP contribution in [0.2, 0.25) is 0 Å². The molecule has 1 fully saturated rings. The van der Waals surface area contributed by atoms with Gasteiger partial charge in [-0.2, -0.15) is 0 Å². The molecule has 2 aliphatic rings. The predicted molar refractivity (Wildman–Crippen MR) is 47.4 cm³/mol. The molecule has 0 heterocycles. The first-order valence-corrected chi connectivity index (χ1v) is 4.48. The molecule has 4 atom stereocenters. The summed E-state index contributed by atoms with van der Waals surface area (Å²) in [5.41, 5.74) is 3.25. The number of rotatable bonds is 2. The third-order valence-corrected chi connectivity index (χ3v) is 2.82. The monoisotopic (exact) mass is 168 g/mol. The van der Waals surface area contributed by atoms with Gasteiger partial charge in [0, 0.05) is 20.0 Å². The lowest BCUT2D eigenvalue weighted by Crippen LogP contribution is -2.48. The number of fused-ring (bicyclic) bond motifs is 2. The van der Waals surface area contributed by atoms with Gasteiger partial charge in [0.2, 0.25) is 0 Å². The maximum atomic E-state index is 9.79. The number of aliphatic hydroxyl groups is 1. The van der Waals surface area contributed by atoms with Crippen LogP contribution in [0, 0.1) is 11.8 Å². The van der Waals surface area contributed by atoms with Crippen LogP contribution in [-0.4, -0.2) is 36.4 Å². The van der Waals surface area contributed by atoms with E-state index in [0.29, 0.717) is 11.8 Å². The van der Waals surface area contributed by atoms with Gasteiger partial charge in [0.25, 0.3) is 0 Å². The number of nitrogens with zero attached hydrogens (tertiary/aromatic N) is 1. The van der Waals surface area contributed by atoms with Crippen molar-refractivity contribution in [2.75, 3.05) is 14.1 Å². The van der Waals surface area contributed by atoms with Crippen molar-refractivity contribution >= 4 is 0 Å². The van der Waals surface area contributed by atoms with Crippen LogP contribution in [0.25, 0.3) is 0 Å². The largest absolute Gasteiger partial charge is 0.391 e. The Labute approximate surface area is 73.0 Å². The Hall–Kier alpha value is -0.380. The Kier molecular flexibility index (Phi) is 1.94. The highest BCUT2D eigenvalue weighted by Gasteiger charge is 2.43. The van der Waals surface area contributed by atoms with Gasteiger partial charge in [0.05, 0.1) is 12.1 Å². The number of nitrogens with one attached hydrogen (secondary N) is 1. The summed E-state index contributed by atoms with van der Waals surface area (Å²) in [6.07, 6.45) is 5.29. The molecule has 0 aromatic heterocycles. The molecule has 68 valence electrons. The van der Waals surface area contributed by atoms with Gasteiger partial charge in [-0.3, -0.25) is 5.01 Å². The third-order valence-electron chi connectivity index (χ3n) is 2.82. The molecule has 1 saturated carbocycles. The fourth-order valence-corrected chi connectivity index (χ4v) is 2.27. The van der Waals surface area contributed by atoms with E-state index in [2.05, 4.69) is 17.6 Å². The van der Waals surface area contributed by atoms with Crippen molar-refractivity contribution in [1.29, 1.82) is 0 Å². The van der Waals surface area contributed by atoms with Crippen molar-refractivity contribution in [3.63, 3.8) is 0 Å². The Bertz CT molecular complexity index is 203. The topological polar surface area (TPSA) is 35.5 Å². The summed E-state index contributed by atoms with van der Waals surface area (Å²) in [5.74, 6) is 0.930. The molecule has 0 saturated heterocycles. The van der Waals surface area contributed by atoms with Gasteiger partial charge in [-0.25, -0.2) is 5.43 Å². The fraction of sp³-hybridized carbons (Fsp3) is 0.778. The van der Waals surface area contributed by atoms with Crippen LogP contribution in [0.15, 0.2) is 12.2 Å². The van der Waals surface area contributed by atoms with Crippen molar-refractivity contribution in [2.45, 2.75) is 18.6 Å². The first kappa shape index (κ1) is 8.23. The van der Waals surface area contributed by atoms with Gasteiger partial charge in [-0.15, -0.1) is 0 Å². The molecule has 3 nitrogen and oxygen atoms in total. The van der Waals surface area contributed by atoms with E-state index in [1.54, 1.807) is 0 Å². The van der Waals surface area contributed by atoms with Crippen LogP contribution in [-0.2, 0) is 0 Å². The van der Waals surface area contributed by atoms with E-state index >= 15 is 0 Å². The van der Waals surface area contributed by atoms with E-state index in [9.17, 15) is 5.11 Å². The van der Waals surface area contributed by atoms with E-state index in [0.717, 1.165) is 6.42 Å². The summed E-state index contributed by atoms with van der Waals surface area (Å²) in [6.45, 7) is 0. The van der Waals surface area contributed by atoms with Crippen LogP contribution in [0.3, 0.4) is 0 Å². The molecule has 3 heteroatoms. The second kappa shape index (κ2) is 2.83. The van der Waals surface area contributed by atoms with Crippen molar-refractivity contribution < 1.29 is 5.11 Å². The van der Waals surface area contributed by atoms with Gasteiger partial charge >= 0.3 is 0 Å². The van der Waals surface area contributed by atoms with Crippen LogP contribution in [0.5, 0.6) is 0 Å². The molecule has 0 aromatic carbocycles. The molecule has 0 radical (unpaired) electrons. The van der Waals surface area contributed by atoms with E-state index < -0.39 is 0 Å². The second-order valence-corrected chi connectivity index (χ2v) is 3.99. The van der Waals surface area contributed by atoms with Gasteiger partial charge in [0.1, 0.15) is 0 Å². The first-order valence-electron chi connectivity index (χ1n) is 4.48. The average Bonchev–Trinajstić information content (AvgIpc) is 2.53. The summed E-state index contributed by atoms with van der Waals surface area (Å²) < 4.78 is 0. The summed E-state index contributed by atoms with van der Waals surface area (Å²) in [6, 6.07) is 0.231. The molecular weight excluding hydrogens is 152 g/mol. The molecule has 2 rings (SSSR count). The molecule has 0 spiro atoms. The summed E-state index contributed by atoms with van der Waals surface area (Å²) in [4.78, 5) is 0. The zero-order valence-corrected chi connectivity index (χ0v) is 7.57. The van der Waals surface area contributed by atoms with Crippen LogP contribution < -0.4 is 5.43 Å². The highest BCUT2D eigenvalue weighted by molar-refractivity contribution is 5.16. The highest BCUT2D eigenvalue weighted by atomic mass is 16.3. The Morgan fingerprint density at radius 2 is 2.00 bits per heavy atom. The van der Waals surface area contributed by atoms with E-state index in [-0.39, 0.29) is 12.1 Å². The maximum Gasteiger partial charge on any atom is 0.0775 e. The van der Waals surface area contributed by atoms with Crippen molar-refractivity contribution in [3.8, 4) is 0 Å². The molecule has 4 unspecified atom stereocenters. The van der Waals surface area contributed by atoms with Gasteiger partial charge in [-0.1, -0.05) is 12.2 Å². The SMILES string of the molecule is CN(C)NC1C2C=CC(C2)C1O. The smallest absolute Gasteiger partial charge is 0.0775 e. The lowest BCUT2D eigenvalue weighted by molar-refractivity contribution is 0.0792. The molecule has 0 amide bonds. The number of aliphatic hydroxyl groups excluding tert-OH is 1. The molecular formula is C9H16N2O. The van der Waals surface area contributed by atoms with Crippen LogP contribution in [0.1, 0.15) is 6.42 Å². The standard InChI is InChI=1S/C9H16N2O/c1-11(2)10-8-6-3-4-7(5-6)9(8)12/h3-4,6-10,12H,5H2,1-2H3. The van der Waals surface area contributed by atoms with Crippen LogP contribution >= 0.6 is 0 Å². The van der Waals surface area contributed by atoms with E-state index in [4.69, 9.17) is 0 Å². The zero-order chi connectivity index (χ0) is 8.72. The quantitative estimate of drug-likeness (QED) is 0.449. The van der Waals surface area contributed by atoms with Crippen molar-refractivity contribution in [1.82, 2.24) is 10.4 Å². The third kappa shape index (κ3) is 1.18. The minimum absolute atomic E-state index is 0.192. The Morgan fingerprint density at radius 3 is 2.50 bits per heavy atom. The second-order valence-electron chi connectivity index (χ2n) is 3.99. The number of hydrogen-bond acceptors (Lipinski definition) is 3. The van der Waals surface area contributed by atoms with Gasteiger partial charge < -0.3 is 5.11 Å². The lowest BCUT2D eigenvalue weighted by Gasteiger charge is -2.27. The minimum atomic E-state index is -0.192. The normalized spacial score (nSPS) is 44.7. The molecule has 0 aliphatic heterocycles. The van der Waals surface area contributed by atoms with Crippen molar-refractivity contribution in [3.05, 3.63) is 12.2 Å². The minimum Gasteiger partial charge on any atom is -0.391 e. The number of hydrogen-bond donors (Lipinski definition) is 2. The molecule has 12 heavy (non-hydrogen) atoms. The highest BCUT2D eigenvalue weighted by Crippen LogP contribution is 2.39. The van der Waals surface area contributed by atoms with Gasteiger partial charge in [-0.05, 0) is 12.3 Å². The molecule has 2 aliphatic carbocycles. The fourth-order valence-electron chi connectivity index (χ4n) is 2.27. The maximum absolute atomic E-state index is 9.79. The van der Waals surface area contributed by atoms with Crippen molar-refractivity contribution in [2.24, 2.45) is 11.8 Å². The predicted octanol–water partition coefficient (Wildman–Crippen LogP) is -0.0120. The average molecular weight is 168 g/mol. The van der Waals surface area contributed by atoms with Crippen LogP contribution in [0.4, 0.5) is 0 Å². The van der Waals surface area contributed by atoms with E-state index in [1.807, 2.05) is 19.1 Å². The lowest BCUT2D eigenvalue weighted by atomic mass is 9.99. The molecule has 2 N–H and O–H groups in total. The number of hydrazine groups is 1. The molecule has 0 aromatic rings.